The van der Waals surface area contributed by atoms with Crippen molar-refractivity contribution in [1.29, 1.82) is 0 Å². The Bertz CT molecular complexity index is 358. The average molecular weight is 224 g/mol. The number of hydrogen-bond donors (Lipinski definition) is 2. The standard InChI is InChI=1S/C12H20N2O2/c1-7(2)11(13)12(15)14-9(4)10-6-5-8(3)16-10/h5-7,9,11H,13H2,1-4H3,(H,14,15)/t9?,11-/m0/s1. The Morgan fingerprint density at radius 3 is 2.44 bits per heavy atom. The summed E-state index contributed by atoms with van der Waals surface area (Å²) < 4.78 is 5.43. The Balaban J connectivity index is 2.58. The van der Waals surface area contributed by atoms with Crippen molar-refractivity contribution in [2.45, 2.75) is 39.8 Å². The number of carbonyl (C=O) groups is 1. The van der Waals surface area contributed by atoms with Gasteiger partial charge in [0.1, 0.15) is 11.5 Å². The van der Waals surface area contributed by atoms with Crippen molar-refractivity contribution >= 4 is 5.91 Å². The summed E-state index contributed by atoms with van der Waals surface area (Å²) in [4.78, 5) is 11.7. The molecule has 2 atom stereocenters. The zero-order valence-electron chi connectivity index (χ0n) is 10.3. The van der Waals surface area contributed by atoms with Crippen molar-refractivity contribution in [2.24, 2.45) is 11.7 Å². The lowest BCUT2D eigenvalue weighted by molar-refractivity contribution is -0.124. The van der Waals surface area contributed by atoms with Crippen LogP contribution in [0.4, 0.5) is 0 Å². The fourth-order valence-electron chi connectivity index (χ4n) is 1.37. The van der Waals surface area contributed by atoms with E-state index < -0.39 is 6.04 Å². The third-order valence-corrected chi connectivity index (χ3v) is 2.57. The van der Waals surface area contributed by atoms with Gasteiger partial charge in [0, 0.05) is 0 Å². The molecule has 0 aliphatic rings. The smallest absolute Gasteiger partial charge is 0.237 e. The monoisotopic (exact) mass is 224 g/mol. The summed E-state index contributed by atoms with van der Waals surface area (Å²) in [6.45, 7) is 7.60. The van der Waals surface area contributed by atoms with Crippen LogP contribution in [0.15, 0.2) is 16.5 Å². The van der Waals surface area contributed by atoms with Gasteiger partial charge in [0.05, 0.1) is 12.1 Å². The molecule has 1 amide bonds. The molecular weight excluding hydrogens is 204 g/mol. The number of nitrogens with two attached hydrogens (primary N) is 1. The SMILES string of the molecule is Cc1ccc(C(C)NC(=O)[C@@H](N)C(C)C)o1. The van der Waals surface area contributed by atoms with Gasteiger partial charge in [-0.25, -0.2) is 0 Å². The van der Waals surface area contributed by atoms with E-state index in [4.69, 9.17) is 10.2 Å². The predicted molar refractivity (Wildman–Crippen MR) is 62.8 cm³/mol. The molecule has 0 aliphatic heterocycles. The summed E-state index contributed by atoms with van der Waals surface area (Å²) in [5.41, 5.74) is 5.75. The van der Waals surface area contributed by atoms with Crippen LogP contribution in [0, 0.1) is 12.8 Å². The number of aryl methyl sites for hydroxylation is 1. The van der Waals surface area contributed by atoms with Crippen LogP contribution >= 0.6 is 0 Å². The van der Waals surface area contributed by atoms with Gasteiger partial charge in [-0.05, 0) is 31.9 Å². The van der Waals surface area contributed by atoms with E-state index in [1.165, 1.54) is 0 Å². The highest BCUT2D eigenvalue weighted by atomic mass is 16.3. The van der Waals surface area contributed by atoms with Crippen LogP contribution in [0.5, 0.6) is 0 Å². The van der Waals surface area contributed by atoms with Gasteiger partial charge in [0.25, 0.3) is 0 Å². The van der Waals surface area contributed by atoms with E-state index in [1.807, 2.05) is 39.8 Å². The van der Waals surface area contributed by atoms with Crippen molar-refractivity contribution in [3.8, 4) is 0 Å². The maximum absolute atomic E-state index is 11.7. The second kappa shape index (κ2) is 5.16. The first-order valence-electron chi connectivity index (χ1n) is 5.54. The number of rotatable bonds is 4. The molecule has 1 heterocycles. The summed E-state index contributed by atoms with van der Waals surface area (Å²) in [6.07, 6.45) is 0. The molecule has 1 rings (SSSR count). The molecule has 0 spiro atoms. The molecule has 0 fully saturated rings. The molecule has 0 aromatic carbocycles. The minimum Gasteiger partial charge on any atom is -0.464 e. The van der Waals surface area contributed by atoms with Gasteiger partial charge in [0.15, 0.2) is 0 Å². The third-order valence-electron chi connectivity index (χ3n) is 2.57. The molecule has 4 nitrogen and oxygen atoms in total. The van der Waals surface area contributed by atoms with E-state index >= 15 is 0 Å². The van der Waals surface area contributed by atoms with Gasteiger partial charge in [0.2, 0.25) is 5.91 Å². The first-order valence-corrected chi connectivity index (χ1v) is 5.54. The number of hydrogen-bond acceptors (Lipinski definition) is 3. The zero-order valence-corrected chi connectivity index (χ0v) is 10.3. The molecule has 0 saturated carbocycles. The van der Waals surface area contributed by atoms with Crippen LogP contribution in [-0.2, 0) is 4.79 Å². The van der Waals surface area contributed by atoms with Gasteiger partial charge in [-0.1, -0.05) is 13.8 Å². The highest BCUT2D eigenvalue weighted by Gasteiger charge is 2.20. The van der Waals surface area contributed by atoms with Crippen molar-refractivity contribution in [3.05, 3.63) is 23.7 Å². The second-order valence-electron chi connectivity index (χ2n) is 4.45. The molecule has 0 aliphatic carbocycles. The van der Waals surface area contributed by atoms with Crippen molar-refractivity contribution in [1.82, 2.24) is 5.32 Å². The van der Waals surface area contributed by atoms with Gasteiger partial charge in [-0.2, -0.15) is 0 Å². The second-order valence-corrected chi connectivity index (χ2v) is 4.45. The van der Waals surface area contributed by atoms with Crippen LogP contribution in [0.3, 0.4) is 0 Å². The lowest BCUT2D eigenvalue weighted by Crippen LogP contribution is -2.44. The Morgan fingerprint density at radius 2 is 2.00 bits per heavy atom. The number of nitrogens with one attached hydrogen (secondary N) is 1. The molecular formula is C12H20N2O2. The first kappa shape index (κ1) is 12.8. The normalized spacial score (nSPS) is 14.9. The lowest BCUT2D eigenvalue weighted by Gasteiger charge is -2.18. The molecule has 0 saturated heterocycles. The Labute approximate surface area is 96.2 Å². The summed E-state index contributed by atoms with van der Waals surface area (Å²) >= 11 is 0. The number of furan rings is 1. The summed E-state index contributed by atoms with van der Waals surface area (Å²) in [6, 6.07) is 3.12. The third kappa shape index (κ3) is 3.10. The lowest BCUT2D eigenvalue weighted by atomic mass is 10.0. The minimum absolute atomic E-state index is 0.130. The molecule has 0 bridgehead atoms. The van der Waals surface area contributed by atoms with E-state index in [2.05, 4.69) is 5.32 Å². The quantitative estimate of drug-likeness (QED) is 0.818. The Kier molecular flexibility index (Phi) is 4.12. The molecule has 90 valence electrons. The number of carbonyl (C=O) groups excluding carboxylic acids is 1. The molecule has 0 radical (unpaired) electrons. The summed E-state index contributed by atoms with van der Waals surface area (Å²) in [5.74, 6) is 1.58. The molecule has 1 aromatic heterocycles. The van der Waals surface area contributed by atoms with E-state index in [9.17, 15) is 4.79 Å². The molecule has 16 heavy (non-hydrogen) atoms. The van der Waals surface area contributed by atoms with E-state index in [-0.39, 0.29) is 17.9 Å². The fraction of sp³-hybridized carbons (Fsp3) is 0.583. The van der Waals surface area contributed by atoms with Crippen LogP contribution < -0.4 is 11.1 Å². The maximum Gasteiger partial charge on any atom is 0.237 e. The van der Waals surface area contributed by atoms with E-state index in [0.717, 1.165) is 11.5 Å². The summed E-state index contributed by atoms with van der Waals surface area (Å²) in [5, 5.41) is 2.83. The molecule has 1 unspecified atom stereocenters. The van der Waals surface area contributed by atoms with Gasteiger partial charge >= 0.3 is 0 Å². The maximum atomic E-state index is 11.7. The minimum atomic E-state index is -0.474. The van der Waals surface area contributed by atoms with Gasteiger partial charge < -0.3 is 15.5 Å². The van der Waals surface area contributed by atoms with Crippen LogP contribution in [0.2, 0.25) is 0 Å². The predicted octanol–water partition coefficient (Wildman–Crippen LogP) is 1.75. The number of amides is 1. The molecule has 1 aromatic rings. The Hall–Kier alpha value is -1.29. The van der Waals surface area contributed by atoms with Crippen molar-refractivity contribution < 1.29 is 9.21 Å². The molecule has 3 N–H and O–H groups in total. The first-order chi connectivity index (χ1) is 7.41. The van der Waals surface area contributed by atoms with E-state index in [1.54, 1.807) is 0 Å². The van der Waals surface area contributed by atoms with Crippen LogP contribution in [0.1, 0.15) is 38.3 Å². The highest BCUT2D eigenvalue weighted by Crippen LogP contribution is 2.15. The Morgan fingerprint density at radius 1 is 1.38 bits per heavy atom. The van der Waals surface area contributed by atoms with E-state index in [0.29, 0.717) is 0 Å². The van der Waals surface area contributed by atoms with Crippen LogP contribution in [0.25, 0.3) is 0 Å². The fourth-order valence-corrected chi connectivity index (χ4v) is 1.37. The largest absolute Gasteiger partial charge is 0.464 e. The topological polar surface area (TPSA) is 68.3 Å². The van der Waals surface area contributed by atoms with Crippen molar-refractivity contribution in [2.75, 3.05) is 0 Å². The summed E-state index contributed by atoms with van der Waals surface area (Å²) in [7, 11) is 0. The molecule has 4 heteroatoms. The zero-order chi connectivity index (χ0) is 12.3. The van der Waals surface area contributed by atoms with Crippen LogP contribution in [-0.4, -0.2) is 11.9 Å². The average Bonchev–Trinajstić information content (AvgIpc) is 2.63. The van der Waals surface area contributed by atoms with Gasteiger partial charge in [-0.15, -0.1) is 0 Å². The van der Waals surface area contributed by atoms with Gasteiger partial charge in [-0.3, -0.25) is 4.79 Å². The van der Waals surface area contributed by atoms with Crippen molar-refractivity contribution in [3.63, 3.8) is 0 Å². The highest BCUT2D eigenvalue weighted by molar-refractivity contribution is 5.82.